The van der Waals surface area contributed by atoms with E-state index in [1.165, 1.54) is 14.0 Å². The van der Waals surface area contributed by atoms with Crippen molar-refractivity contribution in [2.45, 2.75) is 52.6 Å². The number of ketones is 2. The van der Waals surface area contributed by atoms with Gasteiger partial charge in [-0.05, 0) is 6.92 Å². The first-order valence-electron chi connectivity index (χ1n) is 11.2. The molecule has 3 N–H and O–H groups in total. The van der Waals surface area contributed by atoms with E-state index in [9.17, 15) is 38.2 Å². The number of ether oxygens (including phenoxy) is 1. The molecule has 1 rings (SSSR count). The summed E-state index contributed by atoms with van der Waals surface area (Å²) in [7, 11) is -3.11. The Morgan fingerprint density at radius 3 is 2.39 bits per heavy atom. The van der Waals surface area contributed by atoms with Crippen LogP contribution in [0.25, 0.3) is 0 Å². The minimum atomic E-state index is -4.31. The summed E-state index contributed by atoms with van der Waals surface area (Å²) in [4.78, 5) is 80.8. The highest BCUT2D eigenvalue weighted by molar-refractivity contribution is 8.13. The van der Waals surface area contributed by atoms with Crippen molar-refractivity contribution in [2.75, 3.05) is 32.6 Å². The van der Waals surface area contributed by atoms with E-state index in [4.69, 9.17) is 9.05 Å². The summed E-state index contributed by atoms with van der Waals surface area (Å²) in [5, 5.41) is 4.60. The maximum atomic E-state index is 12.3. The molecule has 0 aromatic carbocycles. The second kappa shape index (κ2) is 14.6. The van der Waals surface area contributed by atoms with E-state index < -0.39 is 66.1 Å². The summed E-state index contributed by atoms with van der Waals surface area (Å²) >= 11 is 0.837. The van der Waals surface area contributed by atoms with Crippen LogP contribution in [0.2, 0.25) is 0 Å². The molecule has 13 nitrogen and oxygen atoms in total. The van der Waals surface area contributed by atoms with Gasteiger partial charge < -0.3 is 20.3 Å². The maximum Gasteiger partial charge on any atom is 0.472 e. The lowest BCUT2D eigenvalue weighted by atomic mass is 9.87. The van der Waals surface area contributed by atoms with E-state index in [0.717, 1.165) is 11.8 Å². The Morgan fingerprint density at radius 1 is 1.08 bits per heavy atom. The van der Waals surface area contributed by atoms with Crippen LogP contribution < -0.4 is 10.6 Å². The molecule has 2 unspecified atom stereocenters. The second-order valence-electron chi connectivity index (χ2n) is 8.73. The maximum absolute atomic E-state index is 12.3. The molecular formula is C21H33N2O11PS. The number of carbonyl (C=O) groups is 6. The van der Waals surface area contributed by atoms with Crippen LogP contribution in [-0.2, 0) is 47.1 Å². The van der Waals surface area contributed by atoms with Gasteiger partial charge in [-0.3, -0.25) is 37.8 Å². The fourth-order valence-electron chi connectivity index (χ4n) is 2.94. The minimum absolute atomic E-state index is 0.0420. The first kappa shape index (κ1) is 31.9. The fraction of sp³-hybridized carbons (Fsp3) is 0.714. The van der Waals surface area contributed by atoms with Crippen molar-refractivity contribution in [3.8, 4) is 0 Å². The van der Waals surface area contributed by atoms with Gasteiger partial charge in [-0.1, -0.05) is 25.6 Å². The molecule has 1 heterocycles. The molecular weight excluding hydrogens is 519 g/mol. The average Bonchev–Trinajstić information content (AvgIpc) is 2.81. The van der Waals surface area contributed by atoms with Crippen molar-refractivity contribution in [2.24, 2.45) is 11.3 Å². The summed E-state index contributed by atoms with van der Waals surface area (Å²) in [6, 6.07) is 0. The molecule has 0 aromatic heterocycles. The summed E-state index contributed by atoms with van der Waals surface area (Å²) in [5.74, 6) is -3.40. The van der Waals surface area contributed by atoms with Crippen LogP contribution in [-0.4, -0.2) is 78.0 Å². The summed E-state index contributed by atoms with van der Waals surface area (Å²) in [5.41, 5.74) is -0.845. The monoisotopic (exact) mass is 552 g/mol. The minimum Gasteiger partial charge on any atom is -0.469 e. The normalized spacial score (nSPS) is 21.6. The van der Waals surface area contributed by atoms with Gasteiger partial charge in [-0.15, -0.1) is 0 Å². The quantitative estimate of drug-likeness (QED) is 0.117. The molecule has 1 aliphatic rings. The zero-order valence-corrected chi connectivity index (χ0v) is 22.4. The number of nitrogens with one attached hydrogen (secondary N) is 2. The van der Waals surface area contributed by atoms with Gasteiger partial charge in [0, 0.05) is 37.1 Å². The molecule has 0 radical (unpaired) electrons. The van der Waals surface area contributed by atoms with Crippen LogP contribution in [0.3, 0.4) is 0 Å². The van der Waals surface area contributed by atoms with Crippen LogP contribution in [0, 0.1) is 11.3 Å². The lowest BCUT2D eigenvalue weighted by Crippen LogP contribution is -2.49. The standard InChI is InChI=1S/C21H33N2O11PS/c1-13(14(24)5-6-17(27)32-4)15(25)11-18(28)36-10-9-22-16(26)7-8-23-20(29)19-21(2,3)12-33-35(30,31)34-19/h13,19H,5-12H2,1-4H3,(H,22,26)(H,23,29)(H,30,31)/t13?,19-/m0/s1. The van der Waals surface area contributed by atoms with Gasteiger partial charge in [0.05, 0.1) is 32.5 Å². The Kier molecular flexibility index (Phi) is 12.9. The third-order valence-corrected chi connectivity index (χ3v) is 7.02. The third kappa shape index (κ3) is 11.3. The van der Waals surface area contributed by atoms with Gasteiger partial charge in [0.15, 0.2) is 17.0 Å². The third-order valence-electron chi connectivity index (χ3n) is 5.21. The second-order valence-corrected chi connectivity index (χ2v) is 11.3. The van der Waals surface area contributed by atoms with E-state index in [0.29, 0.717) is 0 Å². The highest BCUT2D eigenvalue weighted by Crippen LogP contribution is 2.52. The molecule has 0 spiro atoms. The van der Waals surface area contributed by atoms with Gasteiger partial charge in [0.1, 0.15) is 5.78 Å². The lowest BCUT2D eigenvalue weighted by Gasteiger charge is -2.38. The number of hydrogen-bond acceptors (Lipinski definition) is 11. The Bertz CT molecular complexity index is 908. The number of methoxy groups -OCH3 is 1. The van der Waals surface area contributed by atoms with Crippen molar-refractivity contribution in [3.05, 3.63) is 0 Å². The number of thioether (sulfide) groups is 1. The number of hydrogen-bond donors (Lipinski definition) is 3. The number of amides is 2. The average molecular weight is 553 g/mol. The van der Waals surface area contributed by atoms with E-state index in [2.05, 4.69) is 15.4 Å². The Hall–Kier alpha value is -2.12. The van der Waals surface area contributed by atoms with E-state index in [1.54, 1.807) is 13.8 Å². The van der Waals surface area contributed by atoms with Crippen LogP contribution in [0.15, 0.2) is 0 Å². The largest absolute Gasteiger partial charge is 0.472 e. The molecule has 204 valence electrons. The summed E-state index contributed by atoms with van der Waals surface area (Å²) < 4.78 is 25.6. The topological polar surface area (TPSA) is 191 Å². The SMILES string of the molecule is COC(=O)CCC(=O)C(C)C(=O)CC(=O)SCCNC(=O)CCNC(=O)[C@@H]1OP(=O)(O)OCC1(C)C. The molecule has 1 aliphatic heterocycles. The fourth-order valence-corrected chi connectivity index (χ4v) is 4.82. The predicted octanol–water partition coefficient (Wildman–Crippen LogP) is 0.528. The van der Waals surface area contributed by atoms with E-state index >= 15 is 0 Å². The van der Waals surface area contributed by atoms with E-state index in [-0.39, 0.29) is 44.7 Å². The molecule has 2 amide bonds. The van der Waals surface area contributed by atoms with E-state index in [1.807, 2.05) is 0 Å². The Morgan fingerprint density at radius 2 is 1.75 bits per heavy atom. The van der Waals surface area contributed by atoms with Gasteiger partial charge in [0.25, 0.3) is 0 Å². The van der Waals surface area contributed by atoms with Gasteiger partial charge >= 0.3 is 13.8 Å². The van der Waals surface area contributed by atoms with Crippen molar-refractivity contribution in [1.29, 1.82) is 0 Å². The number of phosphoric ester groups is 1. The van der Waals surface area contributed by atoms with Crippen LogP contribution in [0.4, 0.5) is 0 Å². The molecule has 15 heteroatoms. The molecule has 3 atom stereocenters. The first-order chi connectivity index (χ1) is 16.7. The van der Waals surface area contributed by atoms with Crippen molar-refractivity contribution < 1.29 is 52.0 Å². The van der Waals surface area contributed by atoms with Crippen molar-refractivity contribution in [3.63, 3.8) is 0 Å². The molecule has 0 aliphatic carbocycles. The Balaban J connectivity index is 2.25. The lowest BCUT2D eigenvalue weighted by molar-refractivity contribution is -0.143. The summed E-state index contributed by atoms with van der Waals surface area (Å²) in [6.45, 7) is 4.61. The zero-order chi connectivity index (χ0) is 27.5. The molecule has 0 bridgehead atoms. The van der Waals surface area contributed by atoms with Gasteiger partial charge in [-0.25, -0.2) is 4.57 Å². The molecule has 0 aromatic rings. The van der Waals surface area contributed by atoms with Crippen molar-refractivity contribution >= 4 is 54.1 Å². The molecule has 0 saturated carbocycles. The highest BCUT2D eigenvalue weighted by atomic mass is 32.2. The number of Topliss-reactive ketones (excluding diaryl/α,β-unsaturated/α-hetero) is 2. The van der Waals surface area contributed by atoms with Gasteiger partial charge in [0.2, 0.25) is 11.8 Å². The zero-order valence-electron chi connectivity index (χ0n) is 20.7. The predicted molar refractivity (Wildman–Crippen MR) is 128 cm³/mol. The van der Waals surface area contributed by atoms with Crippen molar-refractivity contribution in [1.82, 2.24) is 10.6 Å². The molecule has 1 saturated heterocycles. The Labute approximate surface area is 213 Å². The van der Waals surface area contributed by atoms with Crippen LogP contribution in [0.1, 0.15) is 46.5 Å². The number of phosphoric acid groups is 1. The number of rotatable bonds is 14. The van der Waals surface area contributed by atoms with Crippen LogP contribution >= 0.6 is 19.6 Å². The summed E-state index contributed by atoms with van der Waals surface area (Å²) in [6.07, 6.45) is -2.02. The smallest absolute Gasteiger partial charge is 0.469 e. The van der Waals surface area contributed by atoms with Gasteiger partial charge in [-0.2, -0.15) is 0 Å². The highest BCUT2D eigenvalue weighted by Gasteiger charge is 2.47. The van der Waals surface area contributed by atoms with Crippen LogP contribution in [0.5, 0.6) is 0 Å². The first-order valence-corrected chi connectivity index (χ1v) is 13.6. The number of carbonyl (C=O) groups excluding carboxylic acids is 6. The molecule has 1 fully saturated rings. The number of esters is 1. The molecule has 36 heavy (non-hydrogen) atoms.